The molecule has 0 aliphatic carbocycles. The summed E-state index contributed by atoms with van der Waals surface area (Å²) in [5, 5.41) is 7.16. The van der Waals surface area contributed by atoms with Gasteiger partial charge in [0.15, 0.2) is 0 Å². The summed E-state index contributed by atoms with van der Waals surface area (Å²) in [4.78, 5) is 8.38. The Labute approximate surface area is 111 Å². The van der Waals surface area contributed by atoms with E-state index in [1.165, 1.54) is 0 Å². The molecule has 0 atom stereocenters. The van der Waals surface area contributed by atoms with E-state index in [-0.39, 0.29) is 6.10 Å². The predicted molar refractivity (Wildman–Crippen MR) is 72.7 cm³/mol. The van der Waals surface area contributed by atoms with Crippen LogP contribution in [0.3, 0.4) is 0 Å². The SMILES string of the molecule is CC(C)Oc1ccnc(NCc2cnn(C)c2N)n1. The van der Waals surface area contributed by atoms with E-state index in [4.69, 9.17) is 10.5 Å². The van der Waals surface area contributed by atoms with Crippen LogP contribution in [0.4, 0.5) is 11.8 Å². The largest absolute Gasteiger partial charge is 0.475 e. The van der Waals surface area contributed by atoms with Crippen molar-refractivity contribution < 1.29 is 4.74 Å². The van der Waals surface area contributed by atoms with Crippen LogP contribution in [-0.4, -0.2) is 25.9 Å². The smallest absolute Gasteiger partial charge is 0.226 e. The van der Waals surface area contributed by atoms with E-state index in [0.717, 1.165) is 5.56 Å². The number of rotatable bonds is 5. The van der Waals surface area contributed by atoms with Crippen LogP contribution in [0.25, 0.3) is 0 Å². The van der Waals surface area contributed by atoms with Crippen molar-refractivity contribution in [2.45, 2.75) is 26.5 Å². The maximum Gasteiger partial charge on any atom is 0.226 e. The van der Waals surface area contributed by atoms with Gasteiger partial charge in [0.25, 0.3) is 0 Å². The molecule has 0 fully saturated rings. The molecule has 3 N–H and O–H groups in total. The van der Waals surface area contributed by atoms with E-state index in [1.54, 1.807) is 30.2 Å². The quantitative estimate of drug-likeness (QED) is 0.841. The highest BCUT2D eigenvalue weighted by molar-refractivity contribution is 5.41. The lowest BCUT2D eigenvalue weighted by Crippen LogP contribution is -2.09. The summed E-state index contributed by atoms with van der Waals surface area (Å²) in [6.45, 7) is 4.42. The van der Waals surface area contributed by atoms with Gasteiger partial charge in [0.1, 0.15) is 5.82 Å². The van der Waals surface area contributed by atoms with Crippen LogP contribution < -0.4 is 15.8 Å². The number of anilines is 2. The van der Waals surface area contributed by atoms with Gasteiger partial charge in [0.2, 0.25) is 11.8 Å². The van der Waals surface area contributed by atoms with Crippen molar-refractivity contribution in [3.63, 3.8) is 0 Å². The summed E-state index contributed by atoms with van der Waals surface area (Å²) in [6, 6.07) is 1.73. The molecule has 2 heterocycles. The van der Waals surface area contributed by atoms with Crippen LogP contribution in [0.1, 0.15) is 19.4 Å². The van der Waals surface area contributed by atoms with Crippen molar-refractivity contribution in [2.75, 3.05) is 11.1 Å². The first-order chi connectivity index (χ1) is 9.06. The highest BCUT2D eigenvalue weighted by Gasteiger charge is 2.06. The summed E-state index contributed by atoms with van der Waals surface area (Å²) in [5.74, 6) is 1.68. The van der Waals surface area contributed by atoms with Crippen molar-refractivity contribution in [3.8, 4) is 5.88 Å². The van der Waals surface area contributed by atoms with Gasteiger partial charge in [-0.05, 0) is 13.8 Å². The van der Waals surface area contributed by atoms with E-state index in [1.807, 2.05) is 13.8 Å². The summed E-state index contributed by atoms with van der Waals surface area (Å²) >= 11 is 0. The zero-order chi connectivity index (χ0) is 13.8. The molecule has 0 aliphatic rings. The Bertz CT molecular complexity index is 551. The number of aromatic nitrogens is 4. The average molecular weight is 262 g/mol. The van der Waals surface area contributed by atoms with E-state index >= 15 is 0 Å². The molecule has 0 amide bonds. The third-order valence-corrected chi connectivity index (χ3v) is 2.49. The molecular weight excluding hydrogens is 244 g/mol. The predicted octanol–water partition coefficient (Wildman–Crippen LogP) is 1.19. The number of nitrogens with one attached hydrogen (secondary N) is 1. The van der Waals surface area contributed by atoms with E-state index in [2.05, 4.69) is 20.4 Å². The Balaban J connectivity index is 2.01. The molecule has 0 saturated carbocycles. The van der Waals surface area contributed by atoms with Crippen LogP contribution >= 0.6 is 0 Å². The second kappa shape index (κ2) is 5.55. The topological polar surface area (TPSA) is 90.9 Å². The number of hydrogen-bond donors (Lipinski definition) is 2. The summed E-state index contributed by atoms with van der Waals surface area (Å²) < 4.78 is 7.12. The fourth-order valence-corrected chi connectivity index (χ4v) is 1.54. The van der Waals surface area contributed by atoms with Gasteiger partial charge in [-0.25, -0.2) is 4.98 Å². The first-order valence-corrected chi connectivity index (χ1v) is 6.06. The standard InChI is InChI=1S/C12H18N6O/c1-8(2)19-10-4-5-14-12(17-10)15-6-9-7-16-18(3)11(9)13/h4-5,7-8H,6,13H2,1-3H3,(H,14,15,17). The van der Waals surface area contributed by atoms with Gasteiger partial charge in [0.05, 0.1) is 12.3 Å². The lowest BCUT2D eigenvalue weighted by molar-refractivity contribution is 0.232. The fourth-order valence-electron chi connectivity index (χ4n) is 1.54. The average Bonchev–Trinajstić information content (AvgIpc) is 2.67. The van der Waals surface area contributed by atoms with Gasteiger partial charge in [-0.15, -0.1) is 0 Å². The Kier molecular flexibility index (Phi) is 3.84. The molecule has 0 saturated heterocycles. The highest BCUT2D eigenvalue weighted by Crippen LogP contribution is 2.13. The van der Waals surface area contributed by atoms with Gasteiger partial charge in [0, 0.05) is 31.4 Å². The Morgan fingerprint density at radius 1 is 1.47 bits per heavy atom. The number of nitrogen functional groups attached to an aromatic ring is 1. The zero-order valence-corrected chi connectivity index (χ0v) is 11.3. The zero-order valence-electron chi connectivity index (χ0n) is 11.3. The van der Waals surface area contributed by atoms with Crippen LogP contribution in [0.15, 0.2) is 18.5 Å². The monoisotopic (exact) mass is 262 g/mol. The lowest BCUT2D eigenvalue weighted by atomic mass is 10.3. The van der Waals surface area contributed by atoms with E-state index in [0.29, 0.717) is 24.2 Å². The number of nitrogens with two attached hydrogens (primary N) is 1. The summed E-state index contributed by atoms with van der Waals surface area (Å²) in [6.07, 6.45) is 3.45. The first-order valence-electron chi connectivity index (χ1n) is 6.06. The normalized spacial score (nSPS) is 10.7. The molecule has 0 aromatic carbocycles. The highest BCUT2D eigenvalue weighted by atomic mass is 16.5. The van der Waals surface area contributed by atoms with Crippen molar-refractivity contribution in [1.82, 2.24) is 19.7 Å². The van der Waals surface area contributed by atoms with Crippen LogP contribution in [0.5, 0.6) is 5.88 Å². The molecule has 0 bridgehead atoms. The van der Waals surface area contributed by atoms with Crippen LogP contribution in [0, 0.1) is 0 Å². The molecule has 102 valence electrons. The van der Waals surface area contributed by atoms with Crippen molar-refractivity contribution >= 4 is 11.8 Å². The molecule has 2 aromatic heterocycles. The fraction of sp³-hybridized carbons (Fsp3) is 0.417. The summed E-state index contributed by atoms with van der Waals surface area (Å²) in [5.41, 5.74) is 6.76. The molecule has 19 heavy (non-hydrogen) atoms. The summed E-state index contributed by atoms with van der Waals surface area (Å²) in [7, 11) is 1.80. The van der Waals surface area contributed by atoms with Gasteiger partial charge in [-0.1, -0.05) is 0 Å². The molecule has 0 aliphatic heterocycles. The number of ether oxygens (including phenoxy) is 1. The number of nitrogens with zero attached hydrogens (tertiary/aromatic N) is 4. The molecule has 0 radical (unpaired) electrons. The van der Waals surface area contributed by atoms with Gasteiger partial charge < -0.3 is 15.8 Å². The molecule has 0 spiro atoms. The van der Waals surface area contributed by atoms with E-state index < -0.39 is 0 Å². The second-order valence-electron chi connectivity index (χ2n) is 4.42. The van der Waals surface area contributed by atoms with Gasteiger partial charge in [-0.2, -0.15) is 10.1 Å². The molecule has 2 rings (SSSR count). The molecule has 7 heteroatoms. The molecule has 7 nitrogen and oxygen atoms in total. The molecule has 0 unspecified atom stereocenters. The van der Waals surface area contributed by atoms with E-state index in [9.17, 15) is 0 Å². The minimum Gasteiger partial charge on any atom is -0.475 e. The minimum absolute atomic E-state index is 0.0803. The van der Waals surface area contributed by atoms with Crippen molar-refractivity contribution in [2.24, 2.45) is 7.05 Å². The third-order valence-electron chi connectivity index (χ3n) is 2.49. The molecule has 2 aromatic rings. The maximum atomic E-state index is 5.86. The van der Waals surface area contributed by atoms with Crippen LogP contribution in [-0.2, 0) is 13.6 Å². The lowest BCUT2D eigenvalue weighted by Gasteiger charge is -2.09. The number of hydrogen-bond acceptors (Lipinski definition) is 6. The maximum absolute atomic E-state index is 5.86. The Morgan fingerprint density at radius 3 is 2.89 bits per heavy atom. The van der Waals surface area contributed by atoms with Crippen molar-refractivity contribution in [1.29, 1.82) is 0 Å². The third kappa shape index (κ3) is 3.34. The second-order valence-corrected chi connectivity index (χ2v) is 4.42. The number of aryl methyl sites for hydroxylation is 1. The molecular formula is C12H18N6O. The first kappa shape index (κ1) is 13.1. The van der Waals surface area contributed by atoms with Gasteiger partial charge in [-0.3, -0.25) is 4.68 Å². The minimum atomic E-state index is 0.0803. The Hall–Kier alpha value is -2.31. The Morgan fingerprint density at radius 2 is 2.26 bits per heavy atom. The van der Waals surface area contributed by atoms with Gasteiger partial charge >= 0.3 is 0 Å². The van der Waals surface area contributed by atoms with Crippen LogP contribution in [0.2, 0.25) is 0 Å². The van der Waals surface area contributed by atoms with Crippen molar-refractivity contribution in [3.05, 3.63) is 24.0 Å².